The lowest BCUT2D eigenvalue weighted by atomic mass is 10.2. The second-order valence-corrected chi connectivity index (χ2v) is 5.21. The van der Waals surface area contributed by atoms with Gasteiger partial charge in [0, 0.05) is 19.0 Å². The number of imidazole rings is 1. The number of nitrogens with one attached hydrogen (secondary N) is 1. The predicted octanol–water partition coefficient (Wildman–Crippen LogP) is 2.60. The lowest BCUT2D eigenvalue weighted by molar-refractivity contribution is 0.434. The largest absolute Gasteiger partial charge is 0.326 e. The molecule has 1 heterocycles. The number of hydrogen-bond donors (Lipinski definition) is 1. The van der Waals surface area contributed by atoms with Crippen molar-refractivity contribution in [2.24, 2.45) is 5.92 Å². The fraction of sp³-hybridized carbons (Fsp3) is 0.533. The molecule has 0 bridgehead atoms. The number of aryl methyl sites for hydroxylation is 1. The summed E-state index contributed by atoms with van der Waals surface area (Å²) in [6, 6.07) is 9.05. The molecule has 2 aromatic rings. The minimum absolute atomic E-state index is 0.591. The number of aromatic nitrogens is 2. The number of benzene rings is 1. The van der Waals surface area contributed by atoms with E-state index < -0.39 is 0 Å². The van der Waals surface area contributed by atoms with Crippen LogP contribution in [0.5, 0.6) is 0 Å². The third-order valence-electron chi connectivity index (χ3n) is 3.99. The van der Waals surface area contributed by atoms with Gasteiger partial charge in [-0.1, -0.05) is 19.1 Å². The maximum Gasteiger partial charge on any atom is 0.109 e. The first kappa shape index (κ1) is 11.7. The summed E-state index contributed by atoms with van der Waals surface area (Å²) in [7, 11) is 2.08. The van der Waals surface area contributed by atoms with Crippen LogP contribution in [0.4, 0.5) is 0 Å². The number of hydrogen-bond acceptors (Lipinski definition) is 2. The fourth-order valence-electron chi connectivity index (χ4n) is 2.77. The predicted molar refractivity (Wildman–Crippen MR) is 74.7 cm³/mol. The van der Waals surface area contributed by atoms with Gasteiger partial charge in [-0.15, -0.1) is 0 Å². The molecule has 1 N–H and O–H groups in total. The van der Waals surface area contributed by atoms with Crippen LogP contribution in [0, 0.1) is 5.92 Å². The Morgan fingerprint density at radius 3 is 2.83 bits per heavy atom. The van der Waals surface area contributed by atoms with Crippen LogP contribution in [0.3, 0.4) is 0 Å². The Balaban J connectivity index is 1.97. The van der Waals surface area contributed by atoms with Gasteiger partial charge in [-0.2, -0.15) is 0 Å². The molecule has 0 aliphatic heterocycles. The third-order valence-corrected chi connectivity index (χ3v) is 3.99. The van der Waals surface area contributed by atoms with E-state index in [9.17, 15) is 0 Å². The SMILES string of the molecule is CCc1nc2ccccc2n1CC(NC)C1CC1. The Morgan fingerprint density at radius 2 is 2.17 bits per heavy atom. The van der Waals surface area contributed by atoms with Crippen LogP contribution in [-0.4, -0.2) is 22.6 Å². The monoisotopic (exact) mass is 243 g/mol. The summed E-state index contributed by atoms with van der Waals surface area (Å²) in [5, 5.41) is 3.47. The molecule has 3 rings (SSSR count). The molecule has 1 aromatic carbocycles. The van der Waals surface area contributed by atoms with Gasteiger partial charge < -0.3 is 9.88 Å². The number of fused-ring (bicyclic) bond motifs is 1. The minimum Gasteiger partial charge on any atom is -0.326 e. The van der Waals surface area contributed by atoms with E-state index in [0.717, 1.165) is 24.4 Å². The lowest BCUT2D eigenvalue weighted by Crippen LogP contribution is -2.32. The Labute approximate surface area is 108 Å². The van der Waals surface area contributed by atoms with Gasteiger partial charge in [0.25, 0.3) is 0 Å². The van der Waals surface area contributed by atoms with Gasteiger partial charge in [0.1, 0.15) is 5.82 Å². The smallest absolute Gasteiger partial charge is 0.109 e. The summed E-state index contributed by atoms with van der Waals surface area (Å²) in [6.07, 6.45) is 3.75. The minimum atomic E-state index is 0.591. The normalized spacial score (nSPS) is 17.2. The van der Waals surface area contributed by atoms with Crippen LogP contribution in [-0.2, 0) is 13.0 Å². The molecule has 3 heteroatoms. The molecule has 1 aliphatic carbocycles. The number of nitrogens with zero attached hydrogens (tertiary/aromatic N) is 2. The van der Waals surface area contributed by atoms with Gasteiger partial charge in [-0.05, 0) is 37.9 Å². The summed E-state index contributed by atoms with van der Waals surface area (Å²) >= 11 is 0. The lowest BCUT2D eigenvalue weighted by Gasteiger charge is -2.18. The van der Waals surface area contributed by atoms with Gasteiger partial charge in [-0.3, -0.25) is 0 Å². The van der Waals surface area contributed by atoms with E-state index in [4.69, 9.17) is 4.98 Å². The molecule has 1 aliphatic rings. The maximum absolute atomic E-state index is 4.73. The quantitative estimate of drug-likeness (QED) is 0.874. The van der Waals surface area contributed by atoms with Crippen LogP contribution in [0.2, 0.25) is 0 Å². The van der Waals surface area contributed by atoms with Crippen molar-refractivity contribution in [3.05, 3.63) is 30.1 Å². The summed E-state index contributed by atoms with van der Waals surface area (Å²) in [5.74, 6) is 2.07. The molecule has 1 saturated carbocycles. The Kier molecular flexibility index (Phi) is 3.08. The van der Waals surface area contributed by atoms with Crippen molar-refractivity contribution in [1.82, 2.24) is 14.9 Å². The summed E-state index contributed by atoms with van der Waals surface area (Å²) in [5.41, 5.74) is 2.40. The van der Waals surface area contributed by atoms with Crippen LogP contribution >= 0.6 is 0 Å². The molecule has 0 amide bonds. The van der Waals surface area contributed by atoms with Gasteiger partial charge in [0.15, 0.2) is 0 Å². The first-order valence-corrected chi connectivity index (χ1v) is 6.95. The average Bonchev–Trinajstić information content (AvgIpc) is 3.18. The average molecular weight is 243 g/mol. The number of rotatable bonds is 5. The number of para-hydroxylation sites is 2. The van der Waals surface area contributed by atoms with Crippen molar-refractivity contribution in [3.8, 4) is 0 Å². The summed E-state index contributed by atoms with van der Waals surface area (Å²) < 4.78 is 2.40. The van der Waals surface area contributed by atoms with Crippen molar-refractivity contribution in [2.45, 2.75) is 38.8 Å². The molecule has 3 nitrogen and oxygen atoms in total. The van der Waals surface area contributed by atoms with Crippen LogP contribution in [0.25, 0.3) is 11.0 Å². The molecule has 96 valence electrons. The van der Waals surface area contributed by atoms with Crippen LogP contribution in [0.15, 0.2) is 24.3 Å². The molecule has 0 spiro atoms. The Hall–Kier alpha value is -1.35. The molecular formula is C15H21N3. The van der Waals surface area contributed by atoms with Gasteiger partial charge in [0.05, 0.1) is 11.0 Å². The van der Waals surface area contributed by atoms with E-state index in [1.165, 1.54) is 24.2 Å². The molecule has 1 unspecified atom stereocenters. The van der Waals surface area contributed by atoms with Crippen molar-refractivity contribution >= 4 is 11.0 Å². The highest BCUT2D eigenvalue weighted by Gasteiger charge is 2.30. The van der Waals surface area contributed by atoms with E-state index in [0.29, 0.717) is 6.04 Å². The second kappa shape index (κ2) is 4.73. The van der Waals surface area contributed by atoms with Crippen LogP contribution < -0.4 is 5.32 Å². The second-order valence-electron chi connectivity index (χ2n) is 5.21. The van der Waals surface area contributed by atoms with E-state index in [1.54, 1.807) is 0 Å². The fourth-order valence-corrected chi connectivity index (χ4v) is 2.77. The summed E-state index contributed by atoms with van der Waals surface area (Å²) in [6.45, 7) is 3.23. The standard InChI is InChI=1S/C15H21N3/c1-3-15-17-12-6-4-5-7-14(12)18(15)10-13(16-2)11-8-9-11/h4-7,11,13,16H,3,8-10H2,1-2H3. The number of likely N-dealkylation sites (N-methyl/N-ethyl adjacent to an activating group) is 1. The third kappa shape index (κ3) is 2.03. The van der Waals surface area contributed by atoms with Crippen molar-refractivity contribution in [1.29, 1.82) is 0 Å². The zero-order valence-electron chi connectivity index (χ0n) is 11.2. The first-order chi connectivity index (χ1) is 8.83. The summed E-state index contributed by atoms with van der Waals surface area (Å²) in [4.78, 5) is 4.73. The molecule has 1 fully saturated rings. The zero-order valence-corrected chi connectivity index (χ0v) is 11.2. The maximum atomic E-state index is 4.73. The molecular weight excluding hydrogens is 222 g/mol. The Bertz CT molecular complexity index is 540. The highest BCUT2D eigenvalue weighted by atomic mass is 15.1. The Morgan fingerprint density at radius 1 is 1.39 bits per heavy atom. The van der Waals surface area contributed by atoms with Gasteiger partial charge >= 0.3 is 0 Å². The molecule has 1 atom stereocenters. The highest BCUT2D eigenvalue weighted by Crippen LogP contribution is 2.33. The van der Waals surface area contributed by atoms with E-state index in [-0.39, 0.29) is 0 Å². The van der Waals surface area contributed by atoms with Crippen LogP contribution in [0.1, 0.15) is 25.6 Å². The van der Waals surface area contributed by atoms with E-state index in [2.05, 4.69) is 48.1 Å². The first-order valence-electron chi connectivity index (χ1n) is 6.95. The van der Waals surface area contributed by atoms with E-state index >= 15 is 0 Å². The van der Waals surface area contributed by atoms with Crippen molar-refractivity contribution < 1.29 is 0 Å². The van der Waals surface area contributed by atoms with Gasteiger partial charge in [0.2, 0.25) is 0 Å². The molecule has 18 heavy (non-hydrogen) atoms. The van der Waals surface area contributed by atoms with Crippen molar-refractivity contribution in [3.63, 3.8) is 0 Å². The zero-order chi connectivity index (χ0) is 12.5. The molecule has 0 saturated heterocycles. The van der Waals surface area contributed by atoms with Crippen molar-refractivity contribution in [2.75, 3.05) is 7.05 Å². The molecule has 0 radical (unpaired) electrons. The molecule has 1 aromatic heterocycles. The highest BCUT2D eigenvalue weighted by molar-refractivity contribution is 5.75. The topological polar surface area (TPSA) is 29.9 Å². The van der Waals surface area contributed by atoms with E-state index in [1.807, 2.05) is 0 Å². The van der Waals surface area contributed by atoms with Gasteiger partial charge in [-0.25, -0.2) is 4.98 Å².